The van der Waals surface area contributed by atoms with Gasteiger partial charge in [0.1, 0.15) is 5.75 Å². The van der Waals surface area contributed by atoms with Gasteiger partial charge in [-0.15, -0.1) is 0 Å². The predicted octanol–water partition coefficient (Wildman–Crippen LogP) is 1.91. The number of benzene rings is 1. The molecule has 0 aliphatic rings. The largest absolute Gasteiger partial charge is 0.496 e. The summed E-state index contributed by atoms with van der Waals surface area (Å²) in [5.74, 6) is 0.817. The molecule has 1 rings (SSSR count). The molecule has 19 heavy (non-hydrogen) atoms. The van der Waals surface area contributed by atoms with Crippen molar-refractivity contribution in [1.29, 1.82) is 0 Å². The molecule has 0 atom stereocenters. The number of likely N-dealkylation sites (N-methyl/N-ethyl adjacent to an activating group) is 1. The molecule has 0 fully saturated rings. The summed E-state index contributed by atoms with van der Waals surface area (Å²) in [6.45, 7) is 7.03. The quantitative estimate of drug-likeness (QED) is 0.903. The van der Waals surface area contributed by atoms with Gasteiger partial charge in [-0.25, -0.2) is 0 Å². The SMILES string of the molecule is COc1ccc(CN(C)C(=O)CN)cc1C(C)(C)C. The molecule has 1 amide bonds. The summed E-state index contributed by atoms with van der Waals surface area (Å²) in [5, 5.41) is 0. The van der Waals surface area contributed by atoms with Gasteiger partial charge in [-0.2, -0.15) is 0 Å². The van der Waals surface area contributed by atoms with E-state index in [9.17, 15) is 4.79 Å². The number of methoxy groups -OCH3 is 1. The summed E-state index contributed by atoms with van der Waals surface area (Å²) in [4.78, 5) is 13.1. The minimum atomic E-state index is -0.0619. The zero-order chi connectivity index (χ0) is 14.6. The first-order valence-corrected chi connectivity index (χ1v) is 6.41. The normalized spacial score (nSPS) is 11.3. The summed E-state index contributed by atoms with van der Waals surface area (Å²) < 4.78 is 5.40. The van der Waals surface area contributed by atoms with Gasteiger partial charge in [-0.1, -0.05) is 26.8 Å². The van der Waals surface area contributed by atoms with Crippen molar-refractivity contribution in [3.8, 4) is 5.75 Å². The van der Waals surface area contributed by atoms with Gasteiger partial charge in [0.15, 0.2) is 0 Å². The summed E-state index contributed by atoms with van der Waals surface area (Å²) >= 11 is 0. The second kappa shape index (κ2) is 6.06. The van der Waals surface area contributed by atoms with Gasteiger partial charge in [0.2, 0.25) is 5.91 Å². The van der Waals surface area contributed by atoms with Gasteiger partial charge in [0, 0.05) is 13.6 Å². The predicted molar refractivity (Wildman–Crippen MR) is 77.2 cm³/mol. The average molecular weight is 264 g/mol. The second-order valence-electron chi connectivity index (χ2n) is 5.74. The Morgan fingerprint density at radius 2 is 2.00 bits per heavy atom. The van der Waals surface area contributed by atoms with E-state index in [-0.39, 0.29) is 17.9 Å². The maximum atomic E-state index is 11.5. The number of carbonyl (C=O) groups is 1. The van der Waals surface area contributed by atoms with Gasteiger partial charge >= 0.3 is 0 Å². The van der Waals surface area contributed by atoms with Crippen molar-refractivity contribution >= 4 is 5.91 Å². The van der Waals surface area contributed by atoms with Crippen molar-refractivity contribution in [3.05, 3.63) is 29.3 Å². The first-order valence-electron chi connectivity index (χ1n) is 6.41. The number of carbonyl (C=O) groups excluding carboxylic acids is 1. The Morgan fingerprint density at radius 3 is 2.47 bits per heavy atom. The highest BCUT2D eigenvalue weighted by Crippen LogP contribution is 2.32. The van der Waals surface area contributed by atoms with Crippen molar-refractivity contribution in [1.82, 2.24) is 4.90 Å². The Labute approximate surface area is 115 Å². The lowest BCUT2D eigenvalue weighted by molar-refractivity contribution is -0.128. The fourth-order valence-corrected chi connectivity index (χ4v) is 1.96. The first-order chi connectivity index (χ1) is 8.79. The molecule has 0 bridgehead atoms. The van der Waals surface area contributed by atoms with Crippen LogP contribution < -0.4 is 10.5 Å². The van der Waals surface area contributed by atoms with E-state index in [0.29, 0.717) is 6.54 Å². The van der Waals surface area contributed by atoms with Crippen LogP contribution in [0.25, 0.3) is 0 Å². The molecule has 0 saturated heterocycles. The molecular formula is C15H24N2O2. The molecule has 0 saturated carbocycles. The van der Waals surface area contributed by atoms with E-state index in [4.69, 9.17) is 10.5 Å². The minimum absolute atomic E-state index is 0.00218. The Hall–Kier alpha value is -1.55. The fourth-order valence-electron chi connectivity index (χ4n) is 1.96. The molecule has 0 heterocycles. The number of nitrogens with two attached hydrogens (primary N) is 1. The number of hydrogen-bond donors (Lipinski definition) is 1. The lowest BCUT2D eigenvalue weighted by Crippen LogP contribution is -2.32. The lowest BCUT2D eigenvalue weighted by atomic mass is 9.85. The van der Waals surface area contributed by atoms with Crippen molar-refractivity contribution in [2.24, 2.45) is 5.73 Å². The lowest BCUT2D eigenvalue weighted by Gasteiger charge is -2.24. The van der Waals surface area contributed by atoms with Crippen LogP contribution in [0.5, 0.6) is 5.75 Å². The molecule has 4 nitrogen and oxygen atoms in total. The van der Waals surface area contributed by atoms with Gasteiger partial charge < -0.3 is 15.4 Å². The molecule has 0 radical (unpaired) electrons. The maximum absolute atomic E-state index is 11.5. The molecule has 0 aliphatic carbocycles. The van der Waals surface area contributed by atoms with E-state index in [2.05, 4.69) is 26.8 Å². The summed E-state index contributed by atoms with van der Waals surface area (Å²) in [6, 6.07) is 6.03. The van der Waals surface area contributed by atoms with Gasteiger partial charge in [-0.05, 0) is 28.7 Å². The van der Waals surface area contributed by atoms with Gasteiger partial charge in [0.25, 0.3) is 0 Å². The highest BCUT2D eigenvalue weighted by molar-refractivity contribution is 5.77. The fraction of sp³-hybridized carbons (Fsp3) is 0.533. The van der Waals surface area contributed by atoms with Crippen LogP contribution in [0, 0.1) is 0 Å². The third-order valence-corrected chi connectivity index (χ3v) is 3.09. The van der Waals surface area contributed by atoms with Crippen molar-refractivity contribution < 1.29 is 9.53 Å². The highest BCUT2D eigenvalue weighted by atomic mass is 16.5. The van der Waals surface area contributed by atoms with Crippen LogP contribution >= 0.6 is 0 Å². The summed E-state index contributed by atoms with van der Waals surface area (Å²) in [5.41, 5.74) is 7.58. The third kappa shape index (κ3) is 3.96. The van der Waals surface area contributed by atoms with Crippen LogP contribution in [0.4, 0.5) is 0 Å². The molecule has 0 spiro atoms. The van der Waals surface area contributed by atoms with E-state index in [0.717, 1.165) is 16.9 Å². The van der Waals surface area contributed by atoms with Gasteiger partial charge in [-0.3, -0.25) is 4.79 Å². The molecule has 0 unspecified atom stereocenters. The standard InChI is InChI=1S/C15H24N2O2/c1-15(2,3)12-8-11(6-7-13(12)19-5)10-17(4)14(18)9-16/h6-8H,9-10,16H2,1-5H3. The average Bonchev–Trinajstić information content (AvgIpc) is 2.36. The zero-order valence-corrected chi connectivity index (χ0v) is 12.5. The number of nitrogens with zero attached hydrogens (tertiary/aromatic N) is 1. The first kappa shape index (κ1) is 15.5. The van der Waals surface area contributed by atoms with Crippen LogP contribution in [0.15, 0.2) is 18.2 Å². The van der Waals surface area contributed by atoms with E-state index in [1.165, 1.54) is 0 Å². The van der Waals surface area contributed by atoms with Gasteiger partial charge in [0.05, 0.1) is 13.7 Å². The Balaban J connectivity index is 3.02. The number of hydrogen-bond acceptors (Lipinski definition) is 3. The van der Waals surface area contributed by atoms with E-state index < -0.39 is 0 Å². The van der Waals surface area contributed by atoms with Crippen LogP contribution in [0.1, 0.15) is 31.9 Å². The van der Waals surface area contributed by atoms with E-state index >= 15 is 0 Å². The van der Waals surface area contributed by atoms with Crippen LogP contribution in [-0.2, 0) is 16.8 Å². The highest BCUT2D eigenvalue weighted by Gasteiger charge is 2.19. The van der Waals surface area contributed by atoms with E-state index in [1.807, 2.05) is 12.1 Å². The Bertz CT molecular complexity index is 450. The molecule has 4 heteroatoms. The monoisotopic (exact) mass is 264 g/mol. The number of rotatable bonds is 4. The molecule has 1 aromatic rings. The van der Waals surface area contributed by atoms with Crippen molar-refractivity contribution in [2.75, 3.05) is 20.7 Å². The number of amides is 1. The topological polar surface area (TPSA) is 55.6 Å². The van der Waals surface area contributed by atoms with E-state index in [1.54, 1.807) is 19.1 Å². The zero-order valence-electron chi connectivity index (χ0n) is 12.5. The van der Waals surface area contributed by atoms with Crippen LogP contribution in [0.3, 0.4) is 0 Å². The van der Waals surface area contributed by atoms with Crippen LogP contribution in [0.2, 0.25) is 0 Å². The van der Waals surface area contributed by atoms with Crippen molar-refractivity contribution in [2.45, 2.75) is 32.7 Å². The minimum Gasteiger partial charge on any atom is -0.496 e. The summed E-state index contributed by atoms with van der Waals surface area (Å²) in [7, 11) is 3.44. The second-order valence-corrected chi connectivity index (χ2v) is 5.74. The van der Waals surface area contributed by atoms with Crippen molar-refractivity contribution in [3.63, 3.8) is 0 Å². The molecule has 2 N–H and O–H groups in total. The summed E-state index contributed by atoms with van der Waals surface area (Å²) in [6.07, 6.45) is 0. The molecule has 106 valence electrons. The third-order valence-electron chi connectivity index (χ3n) is 3.09. The Kier molecular flexibility index (Phi) is 4.95. The molecule has 0 aromatic heterocycles. The smallest absolute Gasteiger partial charge is 0.236 e. The molecule has 1 aromatic carbocycles. The maximum Gasteiger partial charge on any atom is 0.236 e. The van der Waals surface area contributed by atoms with Crippen LogP contribution in [-0.4, -0.2) is 31.5 Å². The molecular weight excluding hydrogens is 240 g/mol. The number of ether oxygens (including phenoxy) is 1. The molecule has 0 aliphatic heterocycles. The Morgan fingerprint density at radius 1 is 1.37 bits per heavy atom.